The van der Waals surface area contributed by atoms with E-state index in [4.69, 9.17) is 0 Å². The Morgan fingerprint density at radius 2 is 0.453 bits per heavy atom. The van der Waals surface area contributed by atoms with E-state index in [2.05, 4.69) is 170 Å². The molecule has 0 amide bonds. The summed E-state index contributed by atoms with van der Waals surface area (Å²) in [4.78, 5) is 0. The second-order valence-corrected chi connectivity index (χ2v) is 17.1. The molecular formula is C62H36F2. The molecule has 13 rings (SSSR count). The van der Waals surface area contributed by atoms with E-state index in [9.17, 15) is 8.78 Å². The highest BCUT2D eigenvalue weighted by Crippen LogP contribution is 2.45. The molecule has 0 heterocycles. The van der Waals surface area contributed by atoms with Gasteiger partial charge in [-0.05, 0) is 174 Å². The molecule has 13 aromatic rings. The van der Waals surface area contributed by atoms with Gasteiger partial charge >= 0.3 is 0 Å². The molecule has 0 nitrogen and oxygen atoms in total. The van der Waals surface area contributed by atoms with Crippen LogP contribution < -0.4 is 0 Å². The SMILES string of the molecule is Fc1ccc(-c2ccc3ccc4c(-c5cccc(-c6cccc(-c7cccc(-c8ccc9ccc%10c(-c%11ccc(F)cc%11)ccc%11ccc8c9c%11%10)c7)c6)c5)ccc5ccc2c3c54)cc1. The van der Waals surface area contributed by atoms with E-state index < -0.39 is 0 Å². The minimum Gasteiger partial charge on any atom is -0.207 e. The van der Waals surface area contributed by atoms with E-state index in [0.717, 1.165) is 44.5 Å². The van der Waals surface area contributed by atoms with Gasteiger partial charge in [0.05, 0.1) is 0 Å². The van der Waals surface area contributed by atoms with Gasteiger partial charge in [0.1, 0.15) is 11.6 Å². The average Bonchev–Trinajstić information content (AvgIpc) is 3.35. The predicted octanol–water partition coefficient (Wildman–Crippen LogP) is 17.8. The average molecular weight is 819 g/mol. The quantitative estimate of drug-likeness (QED) is 0.147. The third-order valence-electron chi connectivity index (χ3n) is 13.5. The summed E-state index contributed by atoms with van der Waals surface area (Å²) in [5.41, 5.74) is 13.6. The summed E-state index contributed by atoms with van der Waals surface area (Å²) in [7, 11) is 0. The zero-order chi connectivity index (χ0) is 42.5. The fourth-order valence-electron chi connectivity index (χ4n) is 10.5. The fourth-order valence-corrected chi connectivity index (χ4v) is 10.5. The number of benzene rings is 13. The molecule has 0 atom stereocenters. The number of rotatable bonds is 6. The molecule has 0 aliphatic carbocycles. The van der Waals surface area contributed by atoms with Gasteiger partial charge in [0.2, 0.25) is 0 Å². The van der Waals surface area contributed by atoms with Crippen molar-refractivity contribution in [1.82, 2.24) is 0 Å². The van der Waals surface area contributed by atoms with Gasteiger partial charge in [0, 0.05) is 0 Å². The Morgan fingerprint density at radius 3 is 0.766 bits per heavy atom. The summed E-state index contributed by atoms with van der Waals surface area (Å²) in [6.07, 6.45) is 0. The molecule has 0 radical (unpaired) electrons. The highest BCUT2D eigenvalue weighted by molar-refractivity contribution is 6.29. The molecule has 298 valence electrons. The largest absolute Gasteiger partial charge is 0.207 e. The lowest BCUT2D eigenvalue weighted by atomic mass is 9.86. The van der Waals surface area contributed by atoms with Crippen molar-refractivity contribution in [3.8, 4) is 66.8 Å². The monoisotopic (exact) mass is 818 g/mol. The van der Waals surface area contributed by atoms with Crippen molar-refractivity contribution in [1.29, 1.82) is 0 Å². The van der Waals surface area contributed by atoms with Gasteiger partial charge in [0.25, 0.3) is 0 Å². The molecule has 2 heteroatoms. The third kappa shape index (κ3) is 5.73. The van der Waals surface area contributed by atoms with E-state index >= 15 is 0 Å². The molecule has 0 spiro atoms. The Morgan fingerprint density at radius 1 is 0.203 bits per heavy atom. The van der Waals surface area contributed by atoms with Crippen LogP contribution in [0.4, 0.5) is 8.78 Å². The van der Waals surface area contributed by atoms with E-state index in [0.29, 0.717) is 0 Å². The first-order chi connectivity index (χ1) is 31.5. The molecule has 0 aliphatic rings. The summed E-state index contributed by atoms with van der Waals surface area (Å²) in [6, 6.07) is 75.8. The van der Waals surface area contributed by atoms with Gasteiger partial charge in [0.15, 0.2) is 0 Å². The van der Waals surface area contributed by atoms with E-state index in [1.54, 1.807) is 0 Å². The molecule has 13 aromatic carbocycles. The summed E-state index contributed by atoms with van der Waals surface area (Å²) >= 11 is 0. The lowest BCUT2D eigenvalue weighted by Gasteiger charge is -2.17. The Bertz CT molecular complexity index is 3700. The van der Waals surface area contributed by atoms with Crippen molar-refractivity contribution in [2.75, 3.05) is 0 Å². The van der Waals surface area contributed by atoms with Crippen molar-refractivity contribution in [3.63, 3.8) is 0 Å². The van der Waals surface area contributed by atoms with Crippen LogP contribution >= 0.6 is 0 Å². The van der Waals surface area contributed by atoms with Crippen molar-refractivity contribution < 1.29 is 8.78 Å². The van der Waals surface area contributed by atoms with Crippen LogP contribution in [0.25, 0.3) is 131 Å². The lowest BCUT2D eigenvalue weighted by Crippen LogP contribution is -1.90. The highest BCUT2D eigenvalue weighted by atomic mass is 19.1. The number of hydrogen-bond donors (Lipinski definition) is 0. The van der Waals surface area contributed by atoms with Gasteiger partial charge in [-0.15, -0.1) is 0 Å². The van der Waals surface area contributed by atoms with Gasteiger partial charge in [-0.3, -0.25) is 0 Å². The van der Waals surface area contributed by atoms with Crippen LogP contribution in [0.5, 0.6) is 0 Å². The Balaban J connectivity index is 0.877. The minimum atomic E-state index is -0.230. The second kappa shape index (κ2) is 14.2. The summed E-state index contributed by atoms with van der Waals surface area (Å²) < 4.78 is 27.8. The molecule has 0 aliphatic heterocycles. The van der Waals surface area contributed by atoms with Gasteiger partial charge in [-0.1, -0.05) is 176 Å². The van der Waals surface area contributed by atoms with Gasteiger partial charge < -0.3 is 0 Å². The predicted molar refractivity (Wildman–Crippen MR) is 266 cm³/mol. The second-order valence-electron chi connectivity index (χ2n) is 17.1. The summed E-state index contributed by atoms with van der Waals surface area (Å²) in [5.74, 6) is -0.461. The van der Waals surface area contributed by atoms with Crippen molar-refractivity contribution in [2.24, 2.45) is 0 Å². The Kier molecular flexibility index (Phi) is 8.07. The fraction of sp³-hybridized carbons (Fsp3) is 0. The van der Waals surface area contributed by atoms with Crippen molar-refractivity contribution in [2.45, 2.75) is 0 Å². The van der Waals surface area contributed by atoms with Crippen LogP contribution in [0.2, 0.25) is 0 Å². The van der Waals surface area contributed by atoms with Crippen LogP contribution in [0.1, 0.15) is 0 Å². The zero-order valence-corrected chi connectivity index (χ0v) is 34.5. The van der Waals surface area contributed by atoms with Crippen molar-refractivity contribution in [3.05, 3.63) is 230 Å². The molecule has 0 unspecified atom stereocenters. The molecule has 0 saturated carbocycles. The number of halogens is 2. The maximum Gasteiger partial charge on any atom is 0.123 e. The molecular weight excluding hydrogens is 783 g/mol. The molecule has 0 N–H and O–H groups in total. The highest BCUT2D eigenvalue weighted by Gasteiger charge is 2.18. The maximum atomic E-state index is 13.9. The third-order valence-corrected chi connectivity index (χ3v) is 13.5. The van der Waals surface area contributed by atoms with Crippen LogP contribution in [0.3, 0.4) is 0 Å². The maximum absolute atomic E-state index is 13.9. The van der Waals surface area contributed by atoms with Gasteiger partial charge in [-0.25, -0.2) is 8.78 Å². The first kappa shape index (κ1) is 36.5. The molecule has 0 aromatic heterocycles. The Hall–Kier alpha value is -8.20. The summed E-state index contributed by atoms with van der Waals surface area (Å²) in [6.45, 7) is 0. The number of hydrogen-bond acceptors (Lipinski definition) is 0. The summed E-state index contributed by atoms with van der Waals surface area (Å²) in [5, 5.41) is 14.6. The molecule has 64 heavy (non-hydrogen) atoms. The molecule has 0 fully saturated rings. The molecule has 0 bridgehead atoms. The van der Waals surface area contributed by atoms with E-state index in [1.807, 2.05) is 24.3 Å². The van der Waals surface area contributed by atoms with Crippen LogP contribution in [-0.2, 0) is 0 Å². The smallest absolute Gasteiger partial charge is 0.123 e. The van der Waals surface area contributed by atoms with Gasteiger partial charge in [-0.2, -0.15) is 0 Å². The Labute approximate surface area is 368 Å². The van der Waals surface area contributed by atoms with Crippen molar-refractivity contribution >= 4 is 64.6 Å². The molecule has 0 saturated heterocycles. The van der Waals surface area contributed by atoms with E-state index in [-0.39, 0.29) is 11.6 Å². The first-order valence-corrected chi connectivity index (χ1v) is 21.8. The minimum absolute atomic E-state index is 0.230. The van der Waals surface area contributed by atoms with Crippen LogP contribution in [0, 0.1) is 11.6 Å². The topological polar surface area (TPSA) is 0 Å². The lowest BCUT2D eigenvalue weighted by molar-refractivity contribution is 0.627. The first-order valence-electron chi connectivity index (χ1n) is 21.8. The van der Waals surface area contributed by atoms with Crippen LogP contribution in [-0.4, -0.2) is 0 Å². The van der Waals surface area contributed by atoms with E-state index in [1.165, 1.54) is 111 Å². The standard InChI is InChI=1S/C62H36F2/c63-49-22-10-37(11-23-49)51-26-14-39-20-32-57-53(28-16-41-18-30-55(51)59(39)61(41)57)47-8-2-6-45(35-47)43-4-1-5-44(34-43)46-7-3-9-48(36-46)54-29-17-42-19-31-56-52(38-12-24-50(64)25-13-38)27-15-40-21-33-58(54)62(42)60(40)56/h1-36H. The zero-order valence-electron chi connectivity index (χ0n) is 34.5. The van der Waals surface area contributed by atoms with Crippen LogP contribution in [0.15, 0.2) is 218 Å². The normalized spacial score (nSPS) is 11.9.